The summed E-state index contributed by atoms with van der Waals surface area (Å²) in [6.07, 6.45) is 2.10. The summed E-state index contributed by atoms with van der Waals surface area (Å²) in [6, 6.07) is 8.64. The third kappa shape index (κ3) is 1.72. The monoisotopic (exact) mass is 310 g/mol. The van der Waals surface area contributed by atoms with Gasteiger partial charge in [-0.1, -0.05) is 0 Å². The predicted octanol–water partition coefficient (Wildman–Crippen LogP) is 3.41. The fourth-order valence-electron chi connectivity index (χ4n) is 4.39. The van der Waals surface area contributed by atoms with Gasteiger partial charge in [0.25, 0.3) is 0 Å². The first kappa shape index (κ1) is 13.1. The smallest absolute Gasteiger partial charge is 0.231 e. The van der Waals surface area contributed by atoms with Gasteiger partial charge >= 0.3 is 0 Å². The molecule has 0 bridgehead atoms. The Morgan fingerprint density at radius 1 is 0.783 bits per heavy atom. The Morgan fingerprint density at radius 2 is 1.35 bits per heavy atom. The summed E-state index contributed by atoms with van der Waals surface area (Å²) in [4.78, 5) is 0. The molecule has 3 aliphatic rings. The zero-order valence-electron chi connectivity index (χ0n) is 13.2. The molecule has 0 spiro atoms. The van der Waals surface area contributed by atoms with Gasteiger partial charge in [-0.2, -0.15) is 0 Å². The molecular formula is C19H18O4. The molecule has 4 heteroatoms. The highest BCUT2D eigenvalue weighted by molar-refractivity contribution is 5.59. The lowest BCUT2D eigenvalue weighted by Crippen LogP contribution is -1.99. The molecule has 0 amide bonds. The molecule has 4 nitrogen and oxygen atoms in total. The van der Waals surface area contributed by atoms with Crippen molar-refractivity contribution in [1.29, 1.82) is 0 Å². The molecule has 2 aliphatic carbocycles. The second-order valence-corrected chi connectivity index (χ2v) is 6.43. The Balaban J connectivity index is 1.58. The first-order valence-corrected chi connectivity index (χ1v) is 7.95. The molecule has 0 N–H and O–H groups in total. The number of ether oxygens (including phenoxy) is 4. The maximum atomic E-state index is 5.56. The van der Waals surface area contributed by atoms with Gasteiger partial charge in [0.05, 0.1) is 14.2 Å². The van der Waals surface area contributed by atoms with E-state index in [1.54, 1.807) is 14.2 Å². The maximum absolute atomic E-state index is 5.56. The molecule has 2 atom stereocenters. The molecule has 0 saturated carbocycles. The Bertz CT molecular complexity index is 812. The summed E-state index contributed by atoms with van der Waals surface area (Å²) in [5.41, 5.74) is 5.57. The number of fused-ring (bicyclic) bond motifs is 6. The Labute approximate surface area is 134 Å². The van der Waals surface area contributed by atoms with Crippen molar-refractivity contribution in [2.75, 3.05) is 21.0 Å². The number of benzene rings is 2. The quantitative estimate of drug-likeness (QED) is 0.852. The van der Waals surface area contributed by atoms with Crippen LogP contribution < -0.4 is 18.9 Å². The van der Waals surface area contributed by atoms with Crippen molar-refractivity contribution in [2.45, 2.75) is 24.7 Å². The molecule has 0 fully saturated rings. The van der Waals surface area contributed by atoms with Gasteiger partial charge in [0, 0.05) is 0 Å². The molecule has 1 unspecified atom stereocenters. The van der Waals surface area contributed by atoms with E-state index in [1.807, 2.05) is 0 Å². The summed E-state index contributed by atoms with van der Waals surface area (Å²) < 4.78 is 22.0. The molecule has 23 heavy (non-hydrogen) atoms. The summed E-state index contributed by atoms with van der Waals surface area (Å²) in [5.74, 6) is 4.44. The van der Waals surface area contributed by atoms with Gasteiger partial charge in [0.1, 0.15) is 0 Å². The highest BCUT2D eigenvalue weighted by Gasteiger charge is 2.41. The minimum Gasteiger partial charge on any atom is -0.493 e. The Morgan fingerprint density at radius 3 is 2.04 bits per heavy atom. The molecular weight excluding hydrogens is 292 g/mol. The average molecular weight is 310 g/mol. The van der Waals surface area contributed by atoms with Crippen molar-refractivity contribution in [3.05, 3.63) is 46.5 Å². The van der Waals surface area contributed by atoms with E-state index < -0.39 is 0 Å². The van der Waals surface area contributed by atoms with E-state index in [1.165, 1.54) is 22.3 Å². The van der Waals surface area contributed by atoms with Gasteiger partial charge in [-0.05, 0) is 71.2 Å². The Kier molecular flexibility index (Phi) is 2.61. The second-order valence-electron chi connectivity index (χ2n) is 6.43. The SMILES string of the molecule is COc1cc2c(cc1OC)[C@@H]1Cc3cc4c(cc3C1C2)OCO4. The number of methoxy groups -OCH3 is 2. The lowest BCUT2D eigenvalue weighted by molar-refractivity contribution is 0.174. The zero-order valence-corrected chi connectivity index (χ0v) is 13.2. The van der Waals surface area contributed by atoms with Gasteiger partial charge in [-0.3, -0.25) is 0 Å². The van der Waals surface area contributed by atoms with E-state index >= 15 is 0 Å². The van der Waals surface area contributed by atoms with Gasteiger partial charge in [-0.15, -0.1) is 0 Å². The lowest BCUT2D eigenvalue weighted by Gasteiger charge is -2.13. The first-order chi connectivity index (χ1) is 11.3. The van der Waals surface area contributed by atoms with E-state index in [2.05, 4.69) is 24.3 Å². The highest BCUT2D eigenvalue weighted by atomic mass is 16.7. The third-order valence-electron chi connectivity index (χ3n) is 5.44. The lowest BCUT2D eigenvalue weighted by atomic mass is 9.93. The molecule has 0 aromatic heterocycles. The molecule has 118 valence electrons. The fraction of sp³-hybridized carbons (Fsp3) is 0.368. The Hall–Kier alpha value is -2.36. The molecule has 5 rings (SSSR count). The zero-order chi connectivity index (χ0) is 15.6. The van der Waals surface area contributed by atoms with Crippen LogP contribution in [0.2, 0.25) is 0 Å². The summed E-state index contributed by atoms with van der Waals surface area (Å²) in [5, 5.41) is 0. The average Bonchev–Trinajstić information content (AvgIpc) is 3.24. The van der Waals surface area contributed by atoms with Crippen LogP contribution in [0.1, 0.15) is 34.1 Å². The van der Waals surface area contributed by atoms with E-state index in [0.29, 0.717) is 18.6 Å². The summed E-state index contributed by atoms with van der Waals surface area (Å²) in [6.45, 7) is 0.334. The molecule has 0 radical (unpaired) electrons. The number of hydrogen-bond donors (Lipinski definition) is 0. The van der Waals surface area contributed by atoms with E-state index in [-0.39, 0.29) is 0 Å². The van der Waals surface area contributed by atoms with Crippen molar-refractivity contribution in [1.82, 2.24) is 0 Å². The van der Waals surface area contributed by atoms with Crippen LogP contribution in [0.15, 0.2) is 24.3 Å². The molecule has 2 aromatic rings. The predicted molar refractivity (Wildman–Crippen MR) is 85.0 cm³/mol. The van der Waals surface area contributed by atoms with Crippen molar-refractivity contribution in [3.63, 3.8) is 0 Å². The first-order valence-electron chi connectivity index (χ1n) is 7.95. The van der Waals surface area contributed by atoms with Crippen LogP contribution in [0.25, 0.3) is 0 Å². The number of hydrogen-bond acceptors (Lipinski definition) is 4. The van der Waals surface area contributed by atoms with Crippen LogP contribution in [0.4, 0.5) is 0 Å². The molecule has 2 aromatic carbocycles. The number of rotatable bonds is 2. The van der Waals surface area contributed by atoms with Crippen LogP contribution in [0, 0.1) is 0 Å². The summed E-state index contributed by atoms with van der Waals surface area (Å²) >= 11 is 0. The topological polar surface area (TPSA) is 36.9 Å². The van der Waals surface area contributed by atoms with E-state index in [9.17, 15) is 0 Å². The summed E-state index contributed by atoms with van der Waals surface area (Å²) in [7, 11) is 3.38. The highest BCUT2D eigenvalue weighted by Crippen LogP contribution is 2.55. The minimum absolute atomic E-state index is 0.334. The normalized spacial score (nSPS) is 22.5. The maximum Gasteiger partial charge on any atom is 0.231 e. The molecule has 0 saturated heterocycles. The van der Waals surface area contributed by atoms with Crippen LogP contribution in [0.3, 0.4) is 0 Å². The van der Waals surface area contributed by atoms with Crippen molar-refractivity contribution in [3.8, 4) is 23.0 Å². The van der Waals surface area contributed by atoms with E-state index in [0.717, 1.165) is 35.8 Å². The van der Waals surface area contributed by atoms with Crippen LogP contribution >= 0.6 is 0 Å². The molecule has 1 heterocycles. The second kappa shape index (κ2) is 4.57. The van der Waals surface area contributed by atoms with E-state index in [4.69, 9.17) is 18.9 Å². The van der Waals surface area contributed by atoms with Gasteiger partial charge in [0.15, 0.2) is 23.0 Å². The van der Waals surface area contributed by atoms with Crippen LogP contribution in [-0.4, -0.2) is 21.0 Å². The van der Waals surface area contributed by atoms with Crippen LogP contribution in [-0.2, 0) is 12.8 Å². The van der Waals surface area contributed by atoms with Crippen molar-refractivity contribution in [2.24, 2.45) is 0 Å². The van der Waals surface area contributed by atoms with Gasteiger partial charge in [0.2, 0.25) is 6.79 Å². The third-order valence-corrected chi connectivity index (χ3v) is 5.44. The van der Waals surface area contributed by atoms with Crippen LogP contribution in [0.5, 0.6) is 23.0 Å². The minimum atomic E-state index is 0.334. The van der Waals surface area contributed by atoms with Gasteiger partial charge in [-0.25, -0.2) is 0 Å². The fourth-order valence-corrected chi connectivity index (χ4v) is 4.39. The van der Waals surface area contributed by atoms with Crippen molar-refractivity contribution < 1.29 is 18.9 Å². The largest absolute Gasteiger partial charge is 0.493 e. The molecule has 1 aliphatic heterocycles. The standard InChI is InChI=1S/C19H18O4/c1-20-16-5-10-3-15-13-8-19-18(22-9-23-19)6-11(13)4-14(15)12(10)7-17(16)21-2/h5-8,14-15H,3-4,9H2,1-2H3/t14-,15?/m0/s1. The van der Waals surface area contributed by atoms with Gasteiger partial charge < -0.3 is 18.9 Å². The van der Waals surface area contributed by atoms with Crippen molar-refractivity contribution >= 4 is 0 Å².